The number of piperazine rings is 1. The highest BCUT2D eigenvalue weighted by Crippen LogP contribution is 2.16. The molecule has 4 heteroatoms. The van der Waals surface area contributed by atoms with Crippen molar-refractivity contribution in [3.63, 3.8) is 0 Å². The van der Waals surface area contributed by atoms with Crippen LogP contribution in [0.1, 0.15) is 18.7 Å². The Morgan fingerprint density at radius 3 is 2.67 bits per heavy atom. The first-order valence-electron chi connectivity index (χ1n) is 5.37. The molecule has 15 heavy (non-hydrogen) atoms. The van der Waals surface area contributed by atoms with Crippen molar-refractivity contribution in [2.24, 2.45) is 0 Å². The van der Waals surface area contributed by atoms with Crippen molar-refractivity contribution in [1.29, 1.82) is 0 Å². The van der Waals surface area contributed by atoms with Crippen LogP contribution in [0.2, 0.25) is 0 Å². The number of nitrogens with zero attached hydrogens (tertiary/aromatic N) is 2. The van der Waals surface area contributed by atoms with Crippen molar-refractivity contribution >= 4 is 5.69 Å². The van der Waals surface area contributed by atoms with Crippen molar-refractivity contribution in [3.05, 3.63) is 24.0 Å². The fourth-order valence-electron chi connectivity index (χ4n) is 1.75. The Hall–Kier alpha value is -1.13. The van der Waals surface area contributed by atoms with Crippen LogP contribution in [-0.2, 0) is 0 Å². The zero-order valence-electron chi connectivity index (χ0n) is 8.98. The van der Waals surface area contributed by atoms with Crippen LogP contribution in [0.15, 0.2) is 18.3 Å². The van der Waals surface area contributed by atoms with E-state index in [4.69, 9.17) is 0 Å². The van der Waals surface area contributed by atoms with E-state index < -0.39 is 6.10 Å². The topological polar surface area (TPSA) is 48.4 Å². The van der Waals surface area contributed by atoms with Gasteiger partial charge in [0.15, 0.2) is 0 Å². The van der Waals surface area contributed by atoms with Gasteiger partial charge in [-0.2, -0.15) is 0 Å². The smallest absolute Gasteiger partial charge is 0.0931 e. The van der Waals surface area contributed by atoms with Crippen molar-refractivity contribution < 1.29 is 5.11 Å². The Morgan fingerprint density at radius 1 is 1.40 bits per heavy atom. The zero-order chi connectivity index (χ0) is 10.7. The van der Waals surface area contributed by atoms with Crippen LogP contribution < -0.4 is 10.2 Å². The van der Waals surface area contributed by atoms with E-state index in [1.54, 1.807) is 6.92 Å². The lowest BCUT2D eigenvalue weighted by Crippen LogP contribution is -2.43. The van der Waals surface area contributed by atoms with E-state index in [2.05, 4.69) is 15.2 Å². The molecule has 0 bridgehead atoms. The normalized spacial score (nSPS) is 18.9. The second kappa shape index (κ2) is 4.59. The van der Waals surface area contributed by atoms with Crippen LogP contribution in [-0.4, -0.2) is 36.3 Å². The second-order valence-corrected chi connectivity index (χ2v) is 3.85. The molecule has 1 saturated heterocycles. The minimum Gasteiger partial charge on any atom is -0.387 e. The van der Waals surface area contributed by atoms with E-state index in [0.717, 1.165) is 37.6 Å². The van der Waals surface area contributed by atoms with Gasteiger partial charge in [-0.1, -0.05) is 0 Å². The summed E-state index contributed by atoms with van der Waals surface area (Å²) in [5, 5.41) is 12.7. The number of pyridine rings is 1. The molecule has 0 aliphatic carbocycles. The molecule has 0 saturated carbocycles. The molecule has 0 spiro atoms. The van der Waals surface area contributed by atoms with Gasteiger partial charge in [0.25, 0.3) is 0 Å². The van der Waals surface area contributed by atoms with E-state index in [0.29, 0.717) is 0 Å². The first-order valence-corrected chi connectivity index (χ1v) is 5.37. The summed E-state index contributed by atoms with van der Waals surface area (Å²) in [5.41, 5.74) is 1.87. The van der Waals surface area contributed by atoms with Gasteiger partial charge in [0.05, 0.1) is 23.7 Å². The minimum atomic E-state index is -0.484. The van der Waals surface area contributed by atoms with Gasteiger partial charge in [0.1, 0.15) is 0 Å². The zero-order valence-corrected chi connectivity index (χ0v) is 8.98. The molecule has 1 aliphatic heterocycles. The molecule has 1 aliphatic rings. The first-order chi connectivity index (χ1) is 7.27. The molecule has 1 aromatic heterocycles. The maximum Gasteiger partial charge on any atom is 0.0931 e. The quantitative estimate of drug-likeness (QED) is 0.743. The predicted molar refractivity (Wildman–Crippen MR) is 60.0 cm³/mol. The van der Waals surface area contributed by atoms with Gasteiger partial charge in [-0.3, -0.25) is 4.98 Å². The summed E-state index contributed by atoms with van der Waals surface area (Å²) in [6.07, 6.45) is 1.36. The monoisotopic (exact) mass is 207 g/mol. The molecule has 4 nitrogen and oxygen atoms in total. The number of anilines is 1. The summed E-state index contributed by atoms with van der Waals surface area (Å²) in [7, 11) is 0. The number of rotatable bonds is 2. The predicted octanol–water partition coefficient (Wildman–Crippen LogP) is 0.544. The molecule has 1 aromatic rings. The van der Waals surface area contributed by atoms with Gasteiger partial charge in [0.2, 0.25) is 0 Å². The number of aliphatic hydroxyl groups is 1. The van der Waals surface area contributed by atoms with Gasteiger partial charge in [-0.25, -0.2) is 0 Å². The van der Waals surface area contributed by atoms with Gasteiger partial charge < -0.3 is 15.3 Å². The largest absolute Gasteiger partial charge is 0.387 e. The molecule has 1 fully saturated rings. The standard InChI is InChI=1S/C11H17N3O/c1-9(15)11-3-2-10(8-13-11)14-6-4-12-5-7-14/h2-3,8-9,12,15H,4-7H2,1H3/t9-/m1/s1. The van der Waals surface area contributed by atoms with Gasteiger partial charge in [-0.15, -0.1) is 0 Å². The molecule has 0 unspecified atom stereocenters. The molecule has 1 atom stereocenters. The first kappa shape index (κ1) is 10.4. The third-order valence-corrected chi connectivity index (χ3v) is 2.68. The second-order valence-electron chi connectivity index (χ2n) is 3.85. The number of nitrogens with one attached hydrogen (secondary N) is 1. The lowest BCUT2D eigenvalue weighted by molar-refractivity contribution is 0.194. The highest BCUT2D eigenvalue weighted by atomic mass is 16.3. The van der Waals surface area contributed by atoms with Crippen LogP contribution >= 0.6 is 0 Å². The molecule has 0 radical (unpaired) electrons. The van der Waals surface area contributed by atoms with Crippen molar-refractivity contribution in [2.45, 2.75) is 13.0 Å². The number of aliphatic hydroxyl groups excluding tert-OH is 1. The number of hydrogen-bond acceptors (Lipinski definition) is 4. The molecule has 0 aromatic carbocycles. The molecular formula is C11H17N3O. The maximum absolute atomic E-state index is 9.34. The molecular weight excluding hydrogens is 190 g/mol. The van der Waals surface area contributed by atoms with Gasteiger partial charge in [0, 0.05) is 26.2 Å². The van der Waals surface area contributed by atoms with E-state index >= 15 is 0 Å². The summed E-state index contributed by atoms with van der Waals surface area (Å²) >= 11 is 0. The van der Waals surface area contributed by atoms with Crippen LogP contribution in [0.4, 0.5) is 5.69 Å². The van der Waals surface area contributed by atoms with Crippen LogP contribution in [0.5, 0.6) is 0 Å². The molecule has 2 N–H and O–H groups in total. The van der Waals surface area contributed by atoms with Gasteiger partial charge >= 0.3 is 0 Å². The Kier molecular flexibility index (Phi) is 3.18. The average Bonchev–Trinajstić information content (AvgIpc) is 2.30. The molecule has 2 heterocycles. The Morgan fingerprint density at radius 2 is 2.13 bits per heavy atom. The summed E-state index contributed by atoms with van der Waals surface area (Å²) in [4.78, 5) is 6.54. The molecule has 0 amide bonds. The fraction of sp³-hybridized carbons (Fsp3) is 0.545. The van der Waals surface area contributed by atoms with Gasteiger partial charge in [-0.05, 0) is 19.1 Å². The highest BCUT2D eigenvalue weighted by molar-refractivity contribution is 5.45. The van der Waals surface area contributed by atoms with E-state index in [-0.39, 0.29) is 0 Å². The Balaban J connectivity index is 2.08. The third-order valence-electron chi connectivity index (χ3n) is 2.68. The van der Waals surface area contributed by atoms with E-state index in [1.807, 2.05) is 18.3 Å². The van der Waals surface area contributed by atoms with Crippen molar-refractivity contribution in [3.8, 4) is 0 Å². The van der Waals surface area contributed by atoms with E-state index in [9.17, 15) is 5.11 Å². The Labute approximate surface area is 89.9 Å². The molecule has 2 rings (SSSR count). The highest BCUT2D eigenvalue weighted by Gasteiger charge is 2.11. The summed E-state index contributed by atoms with van der Waals surface area (Å²) in [6, 6.07) is 3.92. The number of hydrogen-bond donors (Lipinski definition) is 2. The van der Waals surface area contributed by atoms with Crippen molar-refractivity contribution in [2.75, 3.05) is 31.1 Å². The van der Waals surface area contributed by atoms with Crippen LogP contribution in [0, 0.1) is 0 Å². The SMILES string of the molecule is C[C@@H](O)c1ccc(N2CCNCC2)cn1. The minimum absolute atomic E-state index is 0.484. The summed E-state index contributed by atoms with van der Waals surface area (Å²) in [6.45, 7) is 5.83. The van der Waals surface area contributed by atoms with E-state index in [1.165, 1.54) is 0 Å². The Bertz CT molecular complexity index is 304. The fourth-order valence-corrected chi connectivity index (χ4v) is 1.75. The third kappa shape index (κ3) is 2.46. The molecule has 82 valence electrons. The summed E-state index contributed by atoms with van der Waals surface area (Å²) in [5.74, 6) is 0. The lowest BCUT2D eigenvalue weighted by Gasteiger charge is -2.29. The summed E-state index contributed by atoms with van der Waals surface area (Å²) < 4.78 is 0. The number of aromatic nitrogens is 1. The maximum atomic E-state index is 9.34. The van der Waals surface area contributed by atoms with Crippen molar-refractivity contribution in [1.82, 2.24) is 10.3 Å². The lowest BCUT2D eigenvalue weighted by atomic mass is 10.2. The van der Waals surface area contributed by atoms with Crippen LogP contribution in [0.3, 0.4) is 0 Å². The average molecular weight is 207 g/mol. The van der Waals surface area contributed by atoms with Crippen LogP contribution in [0.25, 0.3) is 0 Å².